The van der Waals surface area contributed by atoms with Gasteiger partial charge in [0.2, 0.25) is 6.10 Å². The molecule has 5 atom stereocenters. The lowest BCUT2D eigenvalue weighted by Crippen LogP contribution is -2.51. The van der Waals surface area contributed by atoms with Crippen molar-refractivity contribution >= 4 is 17.9 Å². The minimum absolute atomic E-state index is 1.000. The first-order valence-corrected chi connectivity index (χ1v) is 5.60. The van der Waals surface area contributed by atoms with Crippen molar-refractivity contribution in [3.05, 3.63) is 0 Å². The second-order valence-electron chi connectivity index (χ2n) is 4.04. The summed E-state index contributed by atoms with van der Waals surface area (Å²) in [6.45, 7) is -1.000. The number of carboxylic acid groups (broad SMARTS) is 2. The zero-order chi connectivity index (χ0) is 16.7. The molecular weight excluding hydrogens is 296 g/mol. The molecule has 0 aliphatic rings. The van der Waals surface area contributed by atoms with E-state index >= 15 is 0 Å². The average Bonchev–Trinajstić information content (AvgIpc) is 2.40. The SMILES string of the molecule is O=C(O)CC(O)C(=O)O[C@@H](C(=O)O)[C@@H](O)[C@H](O)[C@H](O)CO. The molecule has 0 aliphatic heterocycles. The number of aliphatic hydroxyl groups is 5. The molecule has 7 N–H and O–H groups in total. The van der Waals surface area contributed by atoms with Crippen molar-refractivity contribution < 1.29 is 54.9 Å². The molecule has 0 rings (SSSR count). The summed E-state index contributed by atoms with van der Waals surface area (Å²) in [4.78, 5) is 32.4. The van der Waals surface area contributed by atoms with Gasteiger partial charge in [-0.2, -0.15) is 0 Å². The predicted octanol–water partition coefficient (Wildman–Crippen LogP) is -4.11. The van der Waals surface area contributed by atoms with Gasteiger partial charge in [0, 0.05) is 0 Å². The molecule has 122 valence electrons. The molecule has 0 saturated heterocycles. The Morgan fingerprint density at radius 2 is 1.48 bits per heavy atom. The molecule has 0 amide bonds. The maximum atomic E-state index is 11.3. The second-order valence-corrected chi connectivity index (χ2v) is 4.04. The molecule has 0 aromatic rings. The summed E-state index contributed by atoms with van der Waals surface area (Å²) >= 11 is 0. The van der Waals surface area contributed by atoms with E-state index in [1.165, 1.54) is 0 Å². The van der Waals surface area contributed by atoms with Gasteiger partial charge in [-0.05, 0) is 0 Å². The highest BCUT2D eigenvalue weighted by Gasteiger charge is 2.39. The molecule has 0 saturated carbocycles. The maximum absolute atomic E-state index is 11.3. The van der Waals surface area contributed by atoms with Crippen LogP contribution < -0.4 is 0 Å². The summed E-state index contributed by atoms with van der Waals surface area (Å²) in [7, 11) is 0. The number of carboxylic acids is 2. The van der Waals surface area contributed by atoms with Crippen LogP contribution in [0.4, 0.5) is 0 Å². The van der Waals surface area contributed by atoms with Crippen LogP contribution in [0.1, 0.15) is 6.42 Å². The van der Waals surface area contributed by atoms with E-state index in [2.05, 4.69) is 4.74 Å². The Balaban J connectivity index is 4.88. The summed E-state index contributed by atoms with van der Waals surface area (Å²) in [6, 6.07) is 0. The number of carbonyl (C=O) groups excluding carboxylic acids is 1. The number of hydrogen-bond acceptors (Lipinski definition) is 9. The van der Waals surface area contributed by atoms with Crippen molar-refractivity contribution in [3.8, 4) is 0 Å². The minimum atomic E-state index is -2.38. The van der Waals surface area contributed by atoms with Gasteiger partial charge in [-0.25, -0.2) is 9.59 Å². The first kappa shape index (κ1) is 19.2. The van der Waals surface area contributed by atoms with Crippen molar-refractivity contribution in [2.24, 2.45) is 0 Å². The van der Waals surface area contributed by atoms with E-state index in [0.717, 1.165) is 0 Å². The van der Waals surface area contributed by atoms with E-state index in [1.54, 1.807) is 0 Å². The Labute approximate surface area is 117 Å². The van der Waals surface area contributed by atoms with Gasteiger partial charge >= 0.3 is 17.9 Å². The van der Waals surface area contributed by atoms with Crippen LogP contribution in [0, 0.1) is 0 Å². The zero-order valence-corrected chi connectivity index (χ0v) is 10.6. The highest BCUT2D eigenvalue weighted by atomic mass is 16.6. The van der Waals surface area contributed by atoms with Crippen molar-refractivity contribution in [1.82, 2.24) is 0 Å². The lowest BCUT2D eigenvalue weighted by Gasteiger charge is -2.26. The Kier molecular flexibility index (Phi) is 7.76. The van der Waals surface area contributed by atoms with Gasteiger partial charge in [-0.15, -0.1) is 0 Å². The number of hydrogen-bond donors (Lipinski definition) is 7. The summed E-state index contributed by atoms with van der Waals surface area (Å²) in [5.74, 6) is -5.11. The van der Waals surface area contributed by atoms with E-state index in [4.69, 9.17) is 25.5 Å². The van der Waals surface area contributed by atoms with Crippen molar-refractivity contribution in [2.75, 3.05) is 6.61 Å². The van der Waals surface area contributed by atoms with Crippen LogP contribution in [0.25, 0.3) is 0 Å². The maximum Gasteiger partial charge on any atom is 0.347 e. The molecule has 0 aromatic heterocycles. The van der Waals surface area contributed by atoms with Gasteiger partial charge in [0.25, 0.3) is 0 Å². The average molecular weight is 312 g/mol. The second kappa shape index (κ2) is 8.49. The van der Waals surface area contributed by atoms with Crippen molar-refractivity contribution in [1.29, 1.82) is 0 Å². The first-order chi connectivity index (χ1) is 9.61. The molecule has 0 radical (unpaired) electrons. The molecule has 21 heavy (non-hydrogen) atoms. The van der Waals surface area contributed by atoms with Crippen LogP contribution in [0.3, 0.4) is 0 Å². The van der Waals surface area contributed by atoms with E-state index in [-0.39, 0.29) is 0 Å². The first-order valence-electron chi connectivity index (χ1n) is 5.60. The fourth-order valence-corrected chi connectivity index (χ4v) is 1.23. The number of ether oxygens (including phenoxy) is 1. The highest BCUT2D eigenvalue weighted by molar-refractivity contribution is 5.83. The lowest BCUT2D eigenvalue weighted by molar-refractivity contribution is -0.188. The normalized spacial score (nSPS) is 18.1. The molecule has 11 heteroatoms. The van der Waals surface area contributed by atoms with E-state index < -0.39 is 61.5 Å². The summed E-state index contributed by atoms with van der Waals surface area (Å²) in [6.07, 6.45) is -12.0. The Bertz CT molecular complexity index is 381. The van der Waals surface area contributed by atoms with Gasteiger partial charge in [0.1, 0.15) is 18.3 Å². The van der Waals surface area contributed by atoms with Crippen LogP contribution in [0.15, 0.2) is 0 Å². The van der Waals surface area contributed by atoms with E-state index in [9.17, 15) is 24.6 Å². The lowest BCUT2D eigenvalue weighted by atomic mass is 10.0. The molecule has 0 aromatic carbocycles. The largest absolute Gasteiger partial charge is 0.481 e. The van der Waals surface area contributed by atoms with Crippen LogP contribution in [-0.4, -0.2) is 90.8 Å². The summed E-state index contributed by atoms with van der Waals surface area (Å²) in [5, 5.41) is 62.7. The van der Waals surface area contributed by atoms with Crippen LogP contribution in [0.2, 0.25) is 0 Å². The number of aliphatic hydroxyl groups excluding tert-OH is 5. The van der Waals surface area contributed by atoms with Gasteiger partial charge in [-0.1, -0.05) is 0 Å². The van der Waals surface area contributed by atoms with Gasteiger partial charge < -0.3 is 40.5 Å². The molecule has 0 spiro atoms. The topological polar surface area (TPSA) is 202 Å². The quantitative estimate of drug-likeness (QED) is 0.204. The Hall–Kier alpha value is -1.79. The standard InChI is InChI=1S/C10H16O11/c11-2-4(13)6(16)7(17)8(9(18)19)21-10(20)3(12)1-5(14)15/h3-4,6-8,11-13,16-17H,1-2H2,(H,14,15)(H,18,19)/t3?,4-,6-,7+,8-/m1/s1. The van der Waals surface area contributed by atoms with Gasteiger partial charge in [0.15, 0.2) is 6.10 Å². The third-order valence-corrected chi connectivity index (χ3v) is 2.37. The smallest absolute Gasteiger partial charge is 0.347 e. The summed E-state index contributed by atoms with van der Waals surface area (Å²) in [5.41, 5.74) is 0. The van der Waals surface area contributed by atoms with Crippen molar-refractivity contribution in [2.45, 2.75) is 36.9 Å². The molecule has 1 unspecified atom stereocenters. The van der Waals surface area contributed by atoms with Crippen LogP contribution >= 0.6 is 0 Å². The molecular formula is C10H16O11. The minimum Gasteiger partial charge on any atom is -0.481 e. The number of carbonyl (C=O) groups is 3. The Morgan fingerprint density at radius 3 is 1.86 bits per heavy atom. The van der Waals surface area contributed by atoms with Crippen molar-refractivity contribution in [3.63, 3.8) is 0 Å². The Morgan fingerprint density at radius 1 is 0.952 bits per heavy atom. The number of rotatable bonds is 9. The monoisotopic (exact) mass is 312 g/mol. The van der Waals surface area contributed by atoms with Gasteiger partial charge in [0.05, 0.1) is 13.0 Å². The molecule has 0 bridgehead atoms. The third kappa shape index (κ3) is 6.01. The zero-order valence-electron chi connectivity index (χ0n) is 10.6. The molecule has 0 fully saturated rings. The fraction of sp³-hybridized carbons (Fsp3) is 0.700. The molecule has 0 heterocycles. The summed E-state index contributed by atoms with van der Waals surface area (Å²) < 4.78 is 4.20. The van der Waals surface area contributed by atoms with Crippen LogP contribution in [-0.2, 0) is 19.1 Å². The van der Waals surface area contributed by atoms with E-state index in [0.29, 0.717) is 0 Å². The van der Waals surface area contributed by atoms with Gasteiger partial charge in [-0.3, -0.25) is 4.79 Å². The van der Waals surface area contributed by atoms with E-state index in [1.807, 2.05) is 0 Å². The third-order valence-electron chi connectivity index (χ3n) is 2.37. The fourth-order valence-electron chi connectivity index (χ4n) is 1.23. The molecule has 0 aliphatic carbocycles. The van der Waals surface area contributed by atoms with Crippen LogP contribution in [0.5, 0.6) is 0 Å². The number of aliphatic carboxylic acids is 2. The number of esters is 1. The highest BCUT2D eigenvalue weighted by Crippen LogP contribution is 2.11. The molecule has 11 nitrogen and oxygen atoms in total. The predicted molar refractivity (Wildman–Crippen MR) is 60.9 cm³/mol.